The van der Waals surface area contributed by atoms with E-state index in [4.69, 9.17) is 10.5 Å². The second kappa shape index (κ2) is 3.34. The number of esters is 1. The normalized spacial score (nSPS) is 21.7. The number of hydrogen-bond donors (Lipinski definition) is 1. The molecular weight excluding hydrogens is 158 g/mol. The van der Waals surface area contributed by atoms with E-state index in [-0.39, 0.29) is 11.8 Å². The van der Waals surface area contributed by atoms with E-state index in [1.165, 1.54) is 0 Å². The Hall–Kier alpha value is -1.39. The largest absolute Gasteiger partial charge is 0.465 e. The molecule has 0 bridgehead atoms. The van der Waals surface area contributed by atoms with Gasteiger partial charge in [-0.1, -0.05) is 0 Å². The van der Waals surface area contributed by atoms with Crippen LogP contribution in [0.25, 0.3) is 0 Å². The first kappa shape index (κ1) is 8.70. The third-order valence-corrected chi connectivity index (χ3v) is 1.56. The van der Waals surface area contributed by atoms with Crippen LogP contribution in [-0.2, 0) is 9.53 Å². The van der Waals surface area contributed by atoms with Gasteiger partial charge >= 0.3 is 5.97 Å². The highest BCUT2D eigenvalue weighted by atomic mass is 16.5. The fourth-order valence-corrected chi connectivity index (χ4v) is 0.983. The van der Waals surface area contributed by atoms with Gasteiger partial charge in [0.25, 0.3) is 0 Å². The standard InChI is InChI=1S/C7H11N3O2/c1-3-12-7(11)5-4(2)9-10-6(5)8/h5H,3H2,1-2H3,(H2,8,10)/t5-/m1/s1. The lowest BCUT2D eigenvalue weighted by Gasteiger charge is -2.08. The number of carbonyl (C=O) groups is 1. The maximum Gasteiger partial charge on any atom is 0.322 e. The summed E-state index contributed by atoms with van der Waals surface area (Å²) in [5, 5.41) is 7.26. The molecule has 5 nitrogen and oxygen atoms in total. The molecule has 0 unspecified atom stereocenters. The molecule has 0 radical (unpaired) electrons. The molecule has 66 valence electrons. The molecule has 5 heteroatoms. The smallest absolute Gasteiger partial charge is 0.322 e. The summed E-state index contributed by atoms with van der Waals surface area (Å²) in [7, 11) is 0. The minimum Gasteiger partial charge on any atom is -0.465 e. The van der Waals surface area contributed by atoms with Crippen LogP contribution in [-0.4, -0.2) is 24.1 Å². The van der Waals surface area contributed by atoms with Crippen LogP contribution in [0.5, 0.6) is 0 Å². The van der Waals surface area contributed by atoms with E-state index >= 15 is 0 Å². The van der Waals surface area contributed by atoms with Crippen LogP contribution in [0.2, 0.25) is 0 Å². The molecule has 1 aliphatic rings. The molecule has 2 N–H and O–H groups in total. The van der Waals surface area contributed by atoms with Crippen molar-refractivity contribution in [3.8, 4) is 0 Å². The van der Waals surface area contributed by atoms with Gasteiger partial charge < -0.3 is 10.5 Å². The number of nitrogens with zero attached hydrogens (tertiary/aromatic N) is 2. The predicted octanol–water partition coefficient (Wildman–Crippen LogP) is -0.0876. The van der Waals surface area contributed by atoms with Crippen LogP contribution in [0.4, 0.5) is 0 Å². The summed E-state index contributed by atoms with van der Waals surface area (Å²) in [4.78, 5) is 11.2. The number of amidine groups is 1. The fourth-order valence-electron chi connectivity index (χ4n) is 0.983. The molecule has 1 rings (SSSR count). The topological polar surface area (TPSA) is 77.0 Å². The molecule has 0 aromatic carbocycles. The van der Waals surface area contributed by atoms with Crippen LogP contribution >= 0.6 is 0 Å². The molecule has 0 saturated carbocycles. The third kappa shape index (κ3) is 1.44. The SMILES string of the molecule is CCOC(=O)[C@@H]1C(C)=NN=C1N. The van der Waals surface area contributed by atoms with Gasteiger partial charge in [-0.05, 0) is 13.8 Å². The molecule has 0 aliphatic carbocycles. The van der Waals surface area contributed by atoms with Crippen LogP contribution in [0.3, 0.4) is 0 Å². The van der Waals surface area contributed by atoms with Gasteiger partial charge in [0.15, 0.2) is 5.92 Å². The summed E-state index contributed by atoms with van der Waals surface area (Å²) in [6, 6.07) is 0. The number of carbonyl (C=O) groups excluding carboxylic acids is 1. The minimum atomic E-state index is -0.565. The Bertz CT molecular complexity index is 239. The Balaban J connectivity index is 2.68. The summed E-state index contributed by atoms with van der Waals surface area (Å²) in [5.74, 6) is -0.728. The second-order valence-electron chi connectivity index (χ2n) is 2.45. The molecule has 1 heterocycles. The zero-order valence-electron chi connectivity index (χ0n) is 7.07. The molecule has 1 aliphatic heterocycles. The molecule has 0 saturated heterocycles. The highest BCUT2D eigenvalue weighted by Crippen LogP contribution is 2.10. The quantitative estimate of drug-likeness (QED) is 0.587. The number of hydrogen-bond acceptors (Lipinski definition) is 5. The van der Waals surface area contributed by atoms with E-state index < -0.39 is 5.92 Å². The van der Waals surface area contributed by atoms with Crippen molar-refractivity contribution in [1.29, 1.82) is 0 Å². The van der Waals surface area contributed by atoms with Crippen molar-refractivity contribution in [2.24, 2.45) is 21.9 Å². The first-order valence-electron chi connectivity index (χ1n) is 3.71. The lowest BCUT2D eigenvalue weighted by atomic mass is 10.1. The van der Waals surface area contributed by atoms with Crippen molar-refractivity contribution in [3.63, 3.8) is 0 Å². The molecule has 0 aromatic rings. The highest BCUT2D eigenvalue weighted by molar-refractivity contribution is 6.20. The van der Waals surface area contributed by atoms with Crippen molar-refractivity contribution < 1.29 is 9.53 Å². The lowest BCUT2D eigenvalue weighted by molar-refractivity contribution is -0.143. The average molecular weight is 169 g/mol. The lowest BCUT2D eigenvalue weighted by Crippen LogP contribution is -2.34. The van der Waals surface area contributed by atoms with Gasteiger partial charge in [-0.3, -0.25) is 4.79 Å². The van der Waals surface area contributed by atoms with Crippen LogP contribution in [0.15, 0.2) is 10.2 Å². The van der Waals surface area contributed by atoms with E-state index in [0.29, 0.717) is 12.3 Å². The van der Waals surface area contributed by atoms with Crippen molar-refractivity contribution in [1.82, 2.24) is 0 Å². The van der Waals surface area contributed by atoms with Crippen molar-refractivity contribution in [2.75, 3.05) is 6.61 Å². The summed E-state index contributed by atoms with van der Waals surface area (Å²) < 4.78 is 4.79. The number of rotatable bonds is 2. The average Bonchev–Trinajstić information content (AvgIpc) is 2.32. The maximum absolute atomic E-state index is 11.2. The van der Waals surface area contributed by atoms with Gasteiger partial charge in [0, 0.05) is 0 Å². The van der Waals surface area contributed by atoms with E-state index in [1.54, 1.807) is 13.8 Å². The number of ether oxygens (including phenoxy) is 1. The monoisotopic (exact) mass is 169 g/mol. The van der Waals surface area contributed by atoms with Crippen molar-refractivity contribution in [3.05, 3.63) is 0 Å². The summed E-state index contributed by atoms with van der Waals surface area (Å²) >= 11 is 0. The number of nitrogens with two attached hydrogens (primary N) is 1. The molecule has 12 heavy (non-hydrogen) atoms. The van der Waals surface area contributed by atoms with Crippen molar-refractivity contribution in [2.45, 2.75) is 13.8 Å². The molecule has 0 amide bonds. The van der Waals surface area contributed by atoms with E-state index in [0.717, 1.165) is 0 Å². The van der Waals surface area contributed by atoms with Crippen LogP contribution in [0.1, 0.15) is 13.8 Å². The minimum absolute atomic E-state index is 0.214. The molecule has 1 atom stereocenters. The van der Waals surface area contributed by atoms with Gasteiger partial charge in [-0.2, -0.15) is 5.10 Å². The zero-order chi connectivity index (χ0) is 9.14. The molecular formula is C7H11N3O2. The summed E-state index contributed by atoms with van der Waals surface area (Å²) in [6.45, 7) is 3.79. The van der Waals surface area contributed by atoms with Crippen molar-refractivity contribution >= 4 is 17.5 Å². The third-order valence-electron chi connectivity index (χ3n) is 1.56. The van der Waals surface area contributed by atoms with E-state index in [9.17, 15) is 4.79 Å². The van der Waals surface area contributed by atoms with Gasteiger partial charge in [0.05, 0.1) is 12.3 Å². The first-order valence-corrected chi connectivity index (χ1v) is 3.71. The Kier molecular flexibility index (Phi) is 2.42. The highest BCUT2D eigenvalue weighted by Gasteiger charge is 2.30. The Morgan fingerprint density at radius 3 is 2.75 bits per heavy atom. The van der Waals surface area contributed by atoms with Crippen LogP contribution < -0.4 is 5.73 Å². The van der Waals surface area contributed by atoms with Gasteiger partial charge in [0.2, 0.25) is 0 Å². The summed E-state index contributed by atoms with van der Waals surface area (Å²) in [5.41, 5.74) is 6.02. The zero-order valence-corrected chi connectivity index (χ0v) is 7.07. The molecule has 0 aromatic heterocycles. The van der Waals surface area contributed by atoms with E-state index in [1.807, 2.05) is 0 Å². The fraction of sp³-hybridized carbons (Fsp3) is 0.571. The molecule has 0 spiro atoms. The Morgan fingerprint density at radius 1 is 1.67 bits per heavy atom. The maximum atomic E-state index is 11.2. The van der Waals surface area contributed by atoms with Gasteiger partial charge in [-0.25, -0.2) is 0 Å². The van der Waals surface area contributed by atoms with Crippen LogP contribution in [0, 0.1) is 5.92 Å². The van der Waals surface area contributed by atoms with Gasteiger partial charge in [-0.15, -0.1) is 5.10 Å². The predicted molar refractivity (Wildman–Crippen MR) is 44.9 cm³/mol. The Morgan fingerprint density at radius 2 is 2.33 bits per heavy atom. The van der Waals surface area contributed by atoms with Gasteiger partial charge in [0.1, 0.15) is 5.84 Å². The summed E-state index contributed by atoms with van der Waals surface area (Å²) in [6.07, 6.45) is 0. The molecule has 0 fully saturated rings. The second-order valence-corrected chi connectivity index (χ2v) is 2.45. The van der Waals surface area contributed by atoms with E-state index in [2.05, 4.69) is 10.2 Å². The Labute approximate surface area is 70.3 Å². The first-order chi connectivity index (χ1) is 5.66.